The van der Waals surface area contributed by atoms with Gasteiger partial charge in [0.15, 0.2) is 0 Å². The number of nitrogens with zero attached hydrogens (tertiary/aromatic N) is 2. The molecule has 166 valence electrons. The van der Waals surface area contributed by atoms with Crippen LogP contribution in [0.4, 0.5) is 23.2 Å². The number of hydrogen-bond acceptors (Lipinski definition) is 4. The van der Waals surface area contributed by atoms with Crippen molar-refractivity contribution in [2.75, 3.05) is 38.0 Å². The van der Waals surface area contributed by atoms with Crippen LogP contribution in [0, 0.1) is 5.82 Å². The Bertz CT molecular complexity index is 925. The Hall–Kier alpha value is -2.85. The van der Waals surface area contributed by atoms with Gasteiger partial charge >= 0.3 is 6.36 Å². The lowest BCUT2D eigenvalue weighted by molar-refractivity contribution is -0.274. The molecule has 1 fully saturated rings. The monoisotopic (exact) mass is 459 g/mol. The van der Waals surface area contributed by atoms with E-state index in [1.807, 2.05) is 4.90 Å². The Morgan fingerprint density at radius 3 is 2.26 bits per heavy atom. The van der Waals surface area contributed by atoms with Crippen LogP contribution in [0.5, 0.6) is 5.75 Å². The summed E-state index contributed by atoms with van der Waals surface area (Å²) in [6.45, 7) is 1.40. The third-order valence-electron chi connectivity index (χ3n) is 4.57. The van der Waals surface area contributed by atoms with E-state index < -0.39 is 18.1 Å². The number of alkyl halides is 3. The first-order valence-corrected chi connectivity index (χ1v) is 9.61. The minimum absolute atomic E-state index is 0.0310. The Kier molecular flexibility index (Phi) is 7.01. The summed E-state index contributed by atoms with van der Waals surface area (Å²) >= 11 is 5.95. The van der Waals surface area contributed by atoms with Crippen LogP contribution in [0.2, 0.25) is 5.02 Å². The van der Waals surface area contributed by atoms with Crippen molar-refractivity contribution in [2.45, 2.75) is 6.36 Å². The number of ether oxygens (including phenoxy) is 1. The van der Waals surface area contributed by atoms with Gasteiger partial charge in [0, 0.05) is 31.9 Å². The molecule has 0 aliphatic carbocycles. The number of amides is 2. The predicted octanol–water partition coefficient (Wildman–Crippen LogP) is 3.77. The summed E-state index contributed by atoms with van der Waals surface area (Å²) in [5.41, 5.74) is 0.149. The highest BCUT2D eigenvalue weighted by atomic mass is 35.5. The number of carbonyl (C=O) groups excluding carboxylic acids is 2. The first kappa shape index (κ1) is 22.8. The molecule has 0 unspecified atom stereocenters. The summed E-state index contributed by atoms with van der Waals surface area (Å²) in [4.78, 5) is 28.0. The summed E-state index contributed by atoms with van der Waals surface area (Å²) in [5.74, 6) is -1.94. The fourth-order valence-corrected chi connectivity index (χ4v) is 3.36. The van der Waals surface area contributed by atoms with Gasteiger partial charge in [0.2, 0.25) is 5.91 Å². The third kappa shape index (κ3) is 6.31. The smallest absolute Gasteiger partial charge is 0.406 e. The summed E-state index contributed by atoms with van der Waals surface area (Å²) in [6.07, 6.45) is -4.79. The van der Waals surface area contributed by atoms with Gasteiger partial charge < -0.3 is 15.0 Å². The van der Waals surface area contributed by atoms with Gasteiger partial charge in [-0.05, 0) is 36.4 Å². The Labute approximate surface area is 180 Å². The molecule has 0 atom stereocenters. The van der Waals surface area contributed by atoms with E-state index >= 15 is 0 Å². The number of hydrogen-bond donors (Lipinski definition) is 1. The average Bonchev–Trinajstić information content (AvgIpc) is 2.68. The highest BCUT2D eigenvalue weighted by Gasteiger charge is 2.31. The van der Waals surface area contributed by atoms with E-state index in [-0.39, 0.29) is 28.8 Å². The van der Waals surface area contributed by atoms with Gasteiger partial charge in [-0.25, -0.2) is 4.39 Å². The van der Waals surface area contributed by atoms with Crippen molar-refractivity contribution in [3.8, 4) is 5.75 Å². The van der Waals surface area contributed by atoms with Crippen molar-refractivity contribution in [2.24, 2.45) is 0 Å². The van der Waals surface area contributed by atoms with E-state index in [2.05, 4.69) is 10.1 Å². The number of nitrogens with one attached hydrogen (secondary N) is 1. The van der Waals surface area contributed by atoms with Gasteiger partial charge in [-0.2, -0.15) is 0 Å². The van der Waals surface area contributed by atoms with Gasteiger partial charge in [0.05, 0.1) is 17.1 Å². The Morgan fingerprint density at radius 2 is 1.68 bits per heavy atom. The summed E-state index contributed by atoms with van der Waals surface area (Å²) in [6, 6.07) is 8.83. The quantitative estimate of drug-likeness (QED) is 0.691. The van der Waals surface area contributed by atoms with E-state index in [9.17, 15) is 27.2 Å². The lowest BCUT2D eigenvalue weighted by Gasteiger charge is -2.34. The Balaban J connectivity index is 1.48. The van der Waals surface area contributed by atoms with Gasteiger partial charge in [0.1, 0.15) is 11.6 Å². The second-order valence-electron chi connectivity index (χ2n) is 6.79. The fourth-order valence-electron chi connectivity index (χ4n) is 3.11. The lowest BCUT2D eigenvalue weighted by Crippen LogP contribution is -2.50. The van der Waals surface area contributed by atoms with Crippen molar-refractivity contribution in [1.29, 1.82) is 0 Å². The third-order valence-corrected chi connectivity index (χ3v) is 4.89. The van der Waals surface area contributed by atoms with Crippen LogP contribution in [-0.4, -0.2) is 60.7 Å². The molecule has 0 saturated carbocycles. The molecule has 3 rings (SSSR count). The molecule has 0 radical (unpaired) electrons. The molecular formula is C20H18ClF4N3O3. The van der Waals surface area contributed by atoms with Crippen molar-refractivity contribution < 1.29 is 31.9 Å². The average molecular weight is 460 g/mol. The van der Waals surface area contributed by atoms with Crippen LogP contribution in [-0.2, 0) is 4.79 Å². The SMILES string of the molecule is O=C(CN1CCN(C(=O)c2c(F)cccc2Cl)CC1)Nc1ccc(OC(F)(F)F)cc1. The van der Waals surface area contributed by atoms with Gasteiger partial charge in [-0.15, -0.1) is 13.2 Å². The molecule has 2 aromatic carbocycles. The van der Waals surface area contributed by atoms with E-state index in [4.69, 9.17) is 11.6 Å². The van der Waals surface area contributed by atoms with E-state index in [1.54, 1.807) is 0 Å². The maximum absolute atomic E-state index is 14.0. The second-order valence-corrected chi connectivity index (χ2v) is 7.19. The molecule has 1 aliphatic heterocycles. The molecular weight excluding hydrogens is 442 g/mol. The first-order valence-electron chi connectivity index (χ1n) is 9.24. The zero-order chi connectivity index (χ0) is 22.6. The Morgan fingerprint density at radius 1 is 1.03 bits per heavy atom. The van der Waals surface area contributed by atoms with Crippen LogP contribution in [0.15, 0.2) is 42.5 Å². The van der Waals surface area contributed by atoms with Crippen LogP contribution >= 0.6 is 11.6 Å². The maximum Gasteiger partial charge on any atom is 0.573 e. The van der Waals surface area contributed by atoms with E-state index in [0.29, 0.717) is 31.9 Å². The van der Waals surface area contributed by atoms with E-state index in [1.165, 1.54) is 35.2 Å². The topological polar surface area (TPSA) is 61.9 Å². The molecule has 31 heavy (non-hydrogen) atoms. The molecule has 1 heterocycles. The standard InChI is InChI=1S/C20H18ClF4N3O3/c21-15-2-1-3-16(22)18(15)19(30)28-10-8-27(9-11-28)12-17(29)26-13-4-6-14(7-5-13)31-20(23,24)25/h1-7H,8-12H2,(H,26,29). The number of benzene rings is 2. The molecule has 11 heteroatoms. The molecule has 6 nitrogen and oxygen atoms in total. The van der Waals surface area contributed by atoms with E-state index in [0.717, 1.165) is 12.1 Å². The highest BCUT2D eigenvalue weighted by Crippen LogP contribution is 2.24. The van der Waals surface area contributed by atoms with Crippen molar-refractivity contribution in [1.82, 2.24) is 9.80 Å². The largest absolute Gasteiger partial charge is 0.573 e. The summed E-state index contributed by atoms with van der Waals surface area (Å²) < 4.78 is 54.3. The zero-order valence-electron chi connectivity index (χ0n) is 16.1. The molecule has 1 aliphatic rings. The second kappa shape index (κ2) is 9.52. The minimum Gasteiger partial charge on any atom is -0.406 e. The summed E-state index contributed by atoms with van der Waals surface area (Å²) in [7, 11) is 0. The number of piperazine rings is 1. The van der Waals surface area contributed by atoms with Gasteiger partial charge in [-0.1, -0.05) is 17.7 Å². The van der Waals surface area contributed by atoms with Gasteiger partial charge in [-0.3, -0.25) is 14.5 Å². The van der Waals surface area contributed by atoms with Crippen LogP contribution < -0.4 is 10.1 Å². The highest BCUT2D eigenvalue weighted by molar-refractivity contribution is 6.33. The molecule has 2 amide bonds. The molecule has 0 aromatic heterocycles. The molecule has 0 spiro atoms. The lowest BCUT2D eigenvalue weighted by atomic mass is 10.1. The first-order chi connectivity index (χ1) is 14.6. The molecule has 1 saturated heterocycles. The van der Waals surface area contributed by atoms with Crippen molar-refractivity contribution in [3.05, 3.63) is 58.9 Å². The molecule has 1 N–H and O–H groups in total. The van der Waals surface area contributed by atoms with Crippen molar-refractivity contribution >= 4 is 29.1 Å². The number of halogens is 5. The van der Waals surface area contributed by atoms with Crippen LogP contribution in [0.3, 0.4) is 0 Å². The molecule has 0 bridgehead atoms. The summed E-state index contributed by atoms with van der Waals surface area (Å²) in [5, 5.41) is 2.63. The maximum atomic E-state index is 14.0. The van der Waals surface area contributed by atoms with Gasteiger partial charge in [0.25, 0.3) is 5.91 Å². The zero-order valence-corrected chi connectivity index (χ0v) is 16.8. The normalized spacial score (nSPS) is 14.9. The van der Waals surface area contributed by atoms with Crippen LogP contribution in [0.1, 0.15) is 10.4 Å². The number of rotatable bonds is 5. The number of carbonyl (C=O) groups is 2. The van der Waals surface area contributed by atoms with Crippen LogP contribution in [0.25, 0.3) is 0 Å². The number of anilines is 1. The predicted molar refractivity (Wildman–Crippen MR) is 106 cm³/mol. The van der Waals surface area contributed by atoms with Crippen molar-refractivity contribution in [3.63, 3.8) is 0 Å². The fraction of sp³-hybridized carbons (Fsp3) is 0.300. The minimum atomic E-state index is -4.79. The molecule has 2 aromatic rings.